The Labute approximate surface area is 111 Å². The van der Waals surface area contributed by atoms with Crippen LogP contribution in [0.4, 0.5) is 5.82 Å². The molecule has 2 heterocycles. The first kappa shape index (κ1) is 11.8. The largest absolute Gasteiger partial charge is 0.464 e. The number of aromatic amines is 1. The zero-order valence-corrected chi connectivity index (χ0v) is 10.7. The predicted octanol–water partition coefficient (Wildman–Crippen LogP) is 2.48. The van der Waals surface area contributed by atoms with Crippen LogP contribution >= 0.6 is 0 Å². The van der Waals surface area contributed by atoms with Crippen LogP contribution < -0.4 is 10.7 Å². The van der Waals surface area contributed by atoms with Crippen LogP contribution in [0.25, 0.3) is 11.3 Å². The summed E-state index contributed by atoms with van der Waals surface area (Å²) in [7, 11) is 0. The number of nitrogen functional groups attached to an aromatic ring is 1. The highest BCUT2D eigenvalue weighted by Gasteiger charge is 2.25. The molecule has 3 N–H and O–H groups in total. The Hall–Kier alpha value is -2.28. The van der Waals surface area contributed by atoms with Gasteiger partial charge in [-0.2, -0.15) is 5.26 Å². The Bertz CT molecular complexity index is 638. The number of nitrogens with zero attached hydrogens (tertiary/aromatic N) is 1. The van der Waals surface area contributed by atoms with Crippen LogP contribution in [0.5, 0.6) is 0 Å². The average Bonchev–Trinajstić information content (AvgIpc) is 2.83. The summed E-state index contributed by atoms with van der Waals surface area (Å²) in [6.45, 7) is 0. The molecule has 19 heavy (non-hydrogen) atoms. The number of nitrogens with one attached hydrogen (secondary N) is 1. The van der Waals surface area contributed by atoms with Gasteiger partial charge in [0.2, 0.25) is 0 Å². The number of furan rings is 1. The molecule has 1 aliphatic rings. The van der Waals surface area contributed by atoms with Crippen LogP contribution in [0.2, 0.25) is 0 Å². The Morgan fingerprint density at radius 1 is 1.26 bits per heavy atom. The van der Waals surface area contributed by atoms with Gasteiger partial charge in [-0.05, 0) is 31.4 Å². The van der Waals surface area contributed by atoms with Crippen LogP contribution in [0.15, 0.2) is 22.8 Å². The summed E-state index contributed by atoms with van der Waals surface area (Å²) in [6.07, 6.45) is 7.10. The van der Waals surface area contributed by atoms with Crippen molar-refractivity contribution in [1.29, 1.82) is 5.26 Å². The smallest absolute Gasteiger partial charge is 0.289 e. The van der Waals surface area contributed by atoms with Crippen molar-refractivity contribution in [1.82, 2.24) is 0 Å². The van der Waals surface area contributed by atoms with Crippen LogP contribution in [0.3, 0.4) is 0 Å². The molecule has 3 rings (SSSR count). The Kier molecular flexibility index (Phi) is 2.96. The van der Waals surface area contributed by atoms with Crippen molar-refractivity contribution >= 4 is 5.82 Å². The highest BCUT2D eigenvalue weighted by Crippen LogP contribution is 2.33. The molecule has 0 spiro atoms. The van der Waals surface area contributed by atoms with Gasteiger partial charge < -0.3 is 4.42 Å². The van der Waals surface area contributed by atoms with Gasteiger partial charge in [-0.15, -0.1) is 0 Å². The number of nitriles is 1. The number of anilines is 1. The second-order valence-electron chi connectivity index (χ2n) is 4.90. The fourth-order valence-electron chi connectivity index (χ4n) is 2.82. The van der Waals surface area contributed by atoms with Crippen LogP contribution in [-0.4, -0.2) is 0 Å². The minimum Gasteiger partial charge on any atom is -0.464 e. The summed E-state index contributed by atoms with van der Waals surface area (Å²) in [5.41, 5.74) is 9.71. The molecule has 0 saturated heterocycles. The fourth-order valence-corrected chi connectivity index (χ4v) is 2.82. The maximum atomic E-state index is 9.38. The lowest BCUT2D eigenvalue weighted by Crippen LogP contribution is -2.21. The maximum Gasteiger partial charge on any atom is 0.289 e. The highest BCUT2D eigenvalue weighted by atomic mass is 16.3. The zero-order chi connectivity index (χ0) is 13.2. The molecule has 0 aromatic carbocycles. The average molecular weight is 254 g/mol. The SMILES string of the molecule is N#Cc1c(N)[nH+]c2c(c1-c1ccco1)CCCCC2. The van der Waals surface area contributed by atoms with Crippen molar-refractivity contribution < 1.29 is 9.40 Å². The van der Waals surface area contributed by atoms with Gasteiger partial charge in [0.25, 0.3) is 5.82 Å². The number of rotatable bonds is 1. The van der Waals surface area contributed by atoms with Gasteiger partial charge in [0.05, 0.1) is 11.8 Å². The molecule has 0 saturated carbocycles. The summed E-state index contributed by atoms with van der Waals surface area (Å²) < 4.78 is 5.50. The first-order valence-electron chi connectivity index (χ1n) is 6.61. The number of hydrogen-bond acceptors (Lipinski definition) is 3. The molecule has 4 heteroatoms. The van der Waals surface area contributed by atoms with Crippen molar-refractivity contribution in [2.45, 2.75) is 32.1 Å². The summed E-state index contributed by atoms with van der Waals surface area (Å²) in [6, 6.07) is 5.94. The van der Waals surface area contributed by atoms with E-state index < -0.39 is 0 Å². The molecule has 4 nitrogen and oxygen atoms in total. The molecule has 1 aliphatic carbocycles. The van der Waals surface area contributed by atoms with Crippen molar-refractivity contribution in [3.05, 3.63) is 35.2 Å². The first-order chi connectivity index (χ1) is 9.31. The predicted molar refractivity (Wildman–Crippen MR) is 71.1 cm³/mol. The third kappa shape index (κ3) is 1.97. The standard InChI is InChI=1S/C15H15N3O/c16-9-11-14(13-7-4-8-19-13)10-5-2-1-3-6-12(10)18-15(11)17/h4,7-8H,1-3,5-6H2,(H2,17,18)/p+1. The lowest BCUT2D eigenvalue weighted by atomic mass is 9.95. The van der Waals surface area contributed by atoms with Crippen molar-refractivity contribution in [3.8, 4) is 17.4 Å². The zero-order valence-electron chi connectivity index (χ0n) is 10.7. The summed E-state index contributed by atoms with van der Waals surface area (Å²) in [4.78, 5) is 3.20. The second kappa shape index (κ2) is 4.77. The quantitative estimate of drug-likeness (QED) is 0.794. The lowest BCUT2D eigenvalue weighted by molar-refractivity contribution is -0.373. The lowest BCUT2D eigenvalue weighted by Gasteiger charge is -2.10. The minimum atomic E-state index is 0.439. The molecule has 2 aromatic heterocycles. The third-order valence-corrected chi connectivity index (χ3v) is 3.70. The number of nitrogens with two attached hydrogens (primary N) is 1. The fraction of sp³-hybridized carbons (Fsp3) is 0.333. The van der Waals surface area contributed by atoms with E-state index in [-0.39, 0.29) is 0 Å². The van der Waals surface area contributed by atoms with E-state index in [0.29, 0.717) is 11.4 Å². The van der Waals surface area contributed by atoms with E-state index in [4.69, 9.17) is 10.2 Å². The second-order valence-corrected chi connectivity index (χ2v) is 4.90. The minimum absolute atomic E-state index is 0.439. The van der Waals surface area contributed by atoms with Gasteiger partial charge in [-0.1, -0.05) is 6.42 Å². The van der Waals surface area contributed by atoms with Crippen LogP contribution in [0.1, 0.15) is 36.1 Å². The molecule has 0 aliphatic heterocycles. The monoisotopic (exact) mass is 254 g/mol. The molecule has 2 aromatic rings. The van der Waals surface area contributed by atoms with Gasteiger partial charge in [0.1, 0.15) is 17.5 Å². The summed E-state index contributed by atoms with van der Waals surface area (Å²) >= 11 is 0. The van der Waals surface area contributed by atoms with E-state index in [9.17, 15) is 5.26 Å². The van der Waals surface area contributed by atoms with Gasteiger partial charge in [-0.25, -0.2) is 4.98 Å². The number of fused-ring (bicyclic) bond motifs is 1. The molecule has 96 valence electrons. The summed E-state index contributed by atoms with van der Waals surface area (Å²) in [5, 5.41) is 9.38. The van der Waals surface area contributed by atoms with Crippen molar-refractivity contribution in [2.24, 2.45) is 0 Å². The molecule has 0 atom stereocenters. The Balaban J connectivity index is 2.30. The number of H-pyrrole nitrogens is 1. The normalized spacial score (nSPS) is 14.5. The van der Waals surface area contributed by atoms with Crippen molar-refractivity contribution in [2.75, 3.05) is 5.73 Å². The van der Waals surface area contributed by atoms with Gasteiger partial charge in [0, 0.05) is 12.0 Å². The van der Waals surface area contributed by atoms with Crippen LogP contribution in [-0.2, 0) is 12.8 Å². The molecule has 0 unspecified atom stereocenters. The van der Waals surface area contributed by atoms with Gasteiger partial charge >= 0.3 is 0 Å². The van der Waals surface area contributed by atoms with Crippen molar-refractivity contribution in [3.63, 3.8) is 0 Å². The molecular weight excluding hydrogens is 238 g/mol. The van der Waals surface area contributed by atoms with E-state index in [0.717, 1.165) is 42.7 Å². The third-order valence-electron chi connectivity index (χ3n) is 3.70. The number of hydrogen-bond donors (Lipinski definition) is 1. The van der Waals surface area contributed by atoms with E-state index >= 15 is 0 Å². The van der Waals surface area contributed by atoms with E-state index in [1.165, 1.54) is 12.0 Å². The van der Waals surface area contributed by atoms with E-state index in [2.05, 4.69) is 11.1 Å². The number of pyridine rings is 1. The van der Waals surface area contributed by atoms with E-state index in [1.54, 1.807) is 6.26 Å². The maximum absolute atomic E-state index is 9.38. The topological polar surface area (TPSA) is 77.1 Å². The molecule has 0 amide bonds. The first-order valence-corrected chi connectivity index (χ1v) is 6.61. The molecule has 0 bridgehead atoms. The molecule has 0 fully saturated rings. The van der Waals surface area contributed by atoms with E-state index in [1.807, 2.05) is 12.1 Å². The summed E-state index contributed by atoms with van der Waals surface area (Å²) in [5.74, 6) is 1.17. The van der Waals surface area contributed by atoms with Gasteiger partial charge in [-0.3, -0.25) is 5.73 Å². The molecule has 0 radical (unpaired) electrons. The Morgan fingerprint density at radius 3 is 2.84 bits per heavy atom. The number of aryl methyl sites for hydroxylation is 1. The molecular formula is C15H16N3O+. The highest BCUT2D eigenvalue weighted by molar-refractivity contribution is 5.74. The number of aromatic nitrogens is 1. The van der Waals surface area contributed by atoms with Gasteiger partial charge in [0.15, 0.2) is 5.56 Å². The van der Waals surface area contributed by atoms with Crippen LogP contribution in [0, 0.1) is 11.3 Å². The Morgan fingerprint density at radius 2 is 2.11 bits per heavy atom.